The molecule has 7 nitrogen and oxygen atoms in total. The first-order valence-corrected chi connectivity index (χ1v) is 6.28. The number of aromatic nitrogens is 4. The van der Waals surface area contributed by atoms with E-state index < -0.39 is 5.82 Å². The zero-order valence-corrected chi connectivity index (χ0v) is 10.8. The van der Waals surface area contributed by atoms with Gasteiger partial charge in [0.2, 0.25) is 11.9 Å². The molecule has 0 atom stereocenters. The second-order valence-corrected chi connectivity index (χ2v) is 4.45. The molecule has 0 aromatic carbocycles. The molecule has 1 aliphatic heterocycles. The van der Waals surface area contributed by atoms with Crippen LogP contribution < -0.4 is 15.5 Å². The average Bonchev–Trinajstić information content (AvgIpc) is 2.48. The van der Waals surface area contributed by atoms with E-state index in [2.05, 4.69) is 24.8 Å². The maximum absolute atomic E-state index is 12.8. The number of piperazine rings is 1. The van der Waals surface area contributed by atoms with Crippen LogP contribution in [-0.2, 0) is 0 Å². The number of rotatable bonds is 2. The highest BCUT2D eigenvalue weighted by atomic mass is 19.1. The quantitative estimate of drug-likeness (QED) is 0.844. The average molecular weight is 275 g/mol. The van der Waals surface area contributed by atoms with Gasteiger partial charge in [0, 0.05) is 32.4 Å². The Morgan fingerprint density at radius 3 is 2.30 bits per heavy atom. The number of anilines is 3. The predicted molar refractivity (Wildman–Crippen MR) is 72.9 cm³/mol. The molecule has 2 aromatic rings. The molecule has 104 valence electrons. The van der Waals surface area contributed by atoms with E-state index in [1.165, 1.54) is 12.4 Å². The zero-order chi connectivity index (χ0) is 13.9. The maximum Gasteiger partial charge on any atom is 0.225 e. The number of nitrogens with zero attached hydrogens (tertiary/aromatic N) is 6. The van der Waals surface area contributed by atoms with Crippen LogP contribution >= 0.6 is 0 Å². The minimum atomic E-state index is -0.427. The number of nitrogens with two attached hydrogens (primary N) is 1. The van der Waals surface area contributed by atoms with Gasteiger partial charge in [0.15, 0.2) is 5.82 Å². The van der Waals surface area contributed by atoms with Crippen LogP contribution in [0.2, 0.25) is 0 Å². The first-order valence-electron chi connectivity index (χ1n) is 6.28. The van der Waals surface area contributed by atoms with Crippen LogP contribution in [0.5, 0.6) is 0 Å². The summed E-state index contributed by atoms with van der Waals surface area (Å²) in [6.07, 6.45) is 4.01. The molecule has 20 heavy (non-hydrogen) atoms. The van der Waals surface area contributed by atoms with E-state index in [1.807, 2.05) is 11.0 Å². The Labute approximate surface area is 115 Å². The Kier molecular flexibility index (Phi) is 3.28. The molecular weight excluding hydrogens is 261 g/mol. The summed E-state index contributed by atoms with van der Waals surface area (Å²) < 4.78 is 12.8. The maximum atomic E-state index is 12.8. The van der Waals surface area contributed by atoms with Gasteiger partial charge in [-0.15, -0.1) is 0 Å². The molecule has 1 aliphatic rings. The largest absolute Gasteiger partial charge is 0.368 e. The molecule has 0 saturated carbocycles. The van der Waals surface area contributed by atoms with E-state index in [0.717, 1.165) is 32.0 Å². The summed E-state index contributed by atoms with van der Waals surface area (Å²) in [4.78, 5) is 20.2. The third-order valence-electron chi connectivity index (χ3n) is 3.15. The van der Waals surface area contributed by atoms with Crippen LogP contribution in [-0.4, -0.2) is 46.1 Å². The first kappa shape index (κ1) is 12.5. The SMILES string of the molecule is Nc1nccc(N2CCN(c3ncc(F)cn3)CC2)n1. The summed E-state index contributed by atoms with van der Waals surface area (Å²) >= 11 is 0. The van der Waals surface area contributed by atoms with Crippen LogP contribution in [0.1, 0.15) is 0 Å². The lowest BCUT2D eigenvalue weighted by Crippen LogP contribution is -2.47. The molecule has 1 saturated heterocycles. The van der Waals surface area contributed by atoms with Gasteiger partial charge in [0.25, 0.3) is 0 Å². The van der Waals surface area contributed by atoms with Gasteiger partial charge >= 0.3 is 0 Å². The summed E-state index contributed by atoms with van der Waals surface area (Å²) in [6, 6.07) is 1.83. The Balaban J connectivity index is 1.66. The van der Waals surface area contributed by atoms with Gasteiger partial charge in [-0.05, 0) is 6.07 Å². The molecular formula is C12H14FN7. The Morgan fingerprint density at radius 1 is 1.00 bits per heavy atom. The molecule has 3 heterocycles. The first-order chi connectivity index (χ1) is 9.72. The Bertz CT molecular complexity index is 581. The fourth-order valence-electron chi connectivity index (χ4n) is 2.14. The van der Waals surface area contributed by atoms with E-state index in [0.29, 0.717) is 5.95 Å². The van der Waals surface area contributed by atoms with E-state index in [9.17, 15) is 4.39 Å². The predicted octanol–water partition coefficient (Wildman–Crippen LogP) is 0.314. The molecule has 0 aliphatic carbocycles. The lowest BCUT2D eigenvalue weighted by Gasteiger charge is -2.35. The van der Waals surface area contributed by atoms with Crippen molar-refractivity contribution < 1.29 is 4.39 Å². The molecule has 2 aromatic heterocycles. The van der Waals surface area contributed by atoms with E-state index in [-0.39, 0.29) is 5.95 Å². The van der Waals surface area contributed by atoms with E-state index in [4.69, 9.17) is 5.73 Å². The number of hydrogen-bond acceptors (Lipinski definition) is 7. The van der Waals surface area contributed by atoms with Crippen LogP contribution in [0.3, 0.4) is 0 Å². The molecule has 0 unspecified atom stereocenters. The zero-order valence-electron chi connectivity index (χ0n) is 10.8. The lowest BCUT2D eigenvalue weighted by atomic mass is 10.3. The number of nitrogen functional groups attached to an aromatic ring is 1. The molecule has 8 heteroatoms. The van der Waals surface area contributed by atoms with Crippen molar-refractivity contribution >= 4 is 17.7 Å². The van der Waals surface area contributed by atoms with Crippen molar-refractivity contribution in [1.29, 1.82) is 0 Å². The van der Waals surface area contributed by atoms with Crippen molar-refractivity contribution in [3.8, 4) is 0 Å². The standard InChI is InChI=1S/C12H14FN7/c13-9-7-16-12(17-8-9)20-5-3-19(4-6-20)10-1-2-15-11(14)18-10/h1-2,7-8H,3-6H2,(H2,14,15,18). The molecule has 3 rings (SSSR count). The van der Waals surface area contributed by atoms with Gasteiger partial charge in [-0.2, -0.15) is 4.98 Å². The Hall–Kier alpha value is -2.51. The number of halogens is 1. The highest BCUT2D eigenvalue weighted by Gasteiger charge is 2.20. The highest BCUT2D eigenvalue weighted by Crippen LogP contribution is 2.16. The molecule has 0 radical (unpaired) electrons. The van der Waals surface area contributed by atoms with Gasteiger partial charge in [-0.25, -0.2) is 19.3 Å². The van der Waals surface area contributed by atoms with Crippen molar-refractivity contribution in [3.63, 3.8) is 0 Å². The van der Waals surface area contributed by atoms with E-state index >= 15 is 0 Å². The minimum Gasteiger partial charge on any atom is -0.368 e. The lowest BCUT2D eigenvalue weighted by molar-refractivity contribution is 0.601. The second-order valence-electron chi connectivity index (χ2n) is 4.45. The topological polar surface area (TPSA) is 84.1 Å². The summed E-state index contributed by atoms with van der Waals surface area (Å²) in [5.41, 5.74) is 5.58. The third-order valence-corrected chi connectivity index (χ3v) is 3.15. The number of hydrogen-bond donors (Lipinski definition) is 1. The summed E-state index contributed by atoms with van der Waals surface area (Å²) in [6.45, 7) is 3.04. The van der Waals surface area contributed by atoms with Crippen molar-refractivity contribution in [2.45, 2.75) is 0 Å². The van der Waals surface area contributed by atoms with Crippen LogP contribution in [0.15, 0.2) is 24.7 Å². The summed E-state index contributed by atoms with van der Waals surface area (Å²) in [5.74, 6) is 1.21. The van der Waals surface area contributed by atoms with Crippen LogP contribution in [0.4, 0.5) is 22.1 Å². The highest BCUT2D eigenvalue weighted by molar-refractivity contribution is 5.43. The van der Waals surface area contributed by atoms with Crippen LogP contribution in [0, 0.1) is 5.82 Å². The Morgan fingerprint density at radius 2 is 1.65 bits per heavy atom. The summed E-state index contributed by atoms with van der Waals surface area (Å²) in [7, 11) is 0. The molecule has 0 bridgehead atoms. The monoisotopic (exact) mass is 275 g/mol. The summed E-state index contributed by atoms with van der Waals surface area (Å²) in [5, 5.41) is 0. The molecule has 2 N–H and O–H groups in total. The molecule has 0 spiro atoms. The van der Waals surface area contributed by atoms with Crippen molar-refractivity contribution in [3.05, 3.63) is 30.5 Å². The smallest absolute Gasteiger partial charge is 0.225 e. The molecule has 0 amide bonds. The molecule has 1 fully saturated rings. The van der Waals surface area contributed by atoms with Crippen molar-refractivity contribution in [2.75, 3.05) is 41.7 Å². The minimum absolute atomic E-state index is 0.270. The van der Waals surface area contributed by atoms with Crippen molar-refractivity contribution in [1.82, 2.24) is 19.9 Å². The second kappa shape index (κ2) is 5.24. The van der Waals surface area contributed by atoms with Gasteiger partial charge in [-0.3, -0.25) is 0 Å². The van der Waals surface area contributed by atoms with Crippen LogP contribution in [0.25, 0.3) is 0 Å². The van der Waals surface area contributed by atoms with Gasteiger partial charge in [0.1, 0.15) is 5.82 Å². The van der Waals surface area contributed by atoms with Gasteiger partial charge in [0.05, 0.1) is 12.4 Å². The fraction of sp³-hybridized carbons (Fsp3) is 0.333. The normalized spacial score (nSPS) is 15.4. The fourth-order valence-corrected chi connectivity index (χ4v) is 2.14. The van der Waals surface area contributed by atoms with Gasteiger partial charge < -0.3 is 15.5 Å². The van der Waals surface area contributed by atoms with Gasteiger partial charge in [-0.1, -0.05) is 0 Å². The van der Waals surface area contributed by atoms with E-state index in [1.54, 1.807) is 6.20 Å². The van der Waals surface area contributed by atoms with Crippen molar-refractivity contribution in [2.24, 2.45) is 0 Å². The third kappa shape index (κ3) is 2.58.